The Morgan fingerprint density at radius 2 is 2.26 bits per heavy atom. The van der Waals surface area contributed by atoms with Gasteiger partial charge in [-0.3, -0.25) is 14.9 Å². The normalized spacial score (nSPS) is 19.0. The monoisotopic (exact) mass is 328 g/mol. The summed E-state index contributed by atoms with van der Waals surface area (Å²) in [5, 5.41) is 20.3. The van der Waals surface area contributed by atoms with Crippen LogP contribution in [0.4, 0.5) is 11.4 Å². The van der Waals surface area contributed by atoms with Gasteiger partial charge < -0.3 is 10.0 Å². The van der Waals surface area contributed by atoms with E-state index in [1.807, 2.05) is 0 Å². The second-order valence-corrected chi connectivity index (χ2v) is 5.48. The van der Waals surface area contributed by atoms with Crippen molar-refractivity contribution >= 4 is 33.2 Å². The number of anilines is 1. The molecule has 0 radical (unpaired) electrons. The van der Waals surface area contributed by atoms with Gasteiger partial charge in [-0.25, -0.2) is 0 Å². The van der Waals surface area contributed by atoms with Gasteiger partial charge in [0.15, 0.2) is 0 Å². The zero-order valence-corrected chi connectivity index (χ0v) is 11.9. The number of rotatable bonds is 3. The Morgan fingerprint density at radius 3 is 2.79 bits per heavy atom. The van der Waals surface area contributed by atoms with Crippen molar-refractivity contribution in [3.8, 4) is 0 Å². The molecule has 0 saturated carbocycles. The lowest BCUT2D eigenvalue weighted by Crippen LogP contribution is -2.26. The molecule has 2 rings (SSSR count). The van der Waals surface area contributed by atoms with Crippen molar-refractivity contribution in [3.63, 3.8) is 0 Å². The summed E-state index contributed by atoms with van der Waals surface area (Å²) in [5.41, 5.74) is 0.919. The highest BCUT2D eigenvalue weighted by Crippen LogP contribution is 2.39. The van der Waals surface area contributed by atoms with Crippen LogP contribution in [0, 0.1) is 23.0 Å². The first-order chi connectivity index (χ1) is 8.93. The van der Waals surface area contributed by atoms with Gasteiger partial charge in [-0.2, -0.15) is 0 Å². The SMILES string of the molecule is Cc1cc(Br)c(N2CC(CO)CC2=O)c([N+](=O)[O-])c1. The number of aliphatic hydroxyl groups is 1. The molecule has 1 atom stereocenters. The predicted octanol–water partition coefficient (Wildman–Crippen LogP) is 2.01. The van der Waals surface area contributed by atoms with E-state index in [1.54, 1.807) is 13.0 Å². The van der Waals surface area contributed by atoms with Crippen molar-refractivity contribution in [1.82, 2.24) is 0 Å². The molecule has 19 heavy (non-hydrogen) atoms. The van der Waals surface area contributed by atoms with Crippen LogP contribution in [0.3, 0.4) is 0 Å². The zero-order chi connectivity index (χ0) is 14.2. The highest BCUT2D eigenvalue weighted by molar-refractivity contribution is 9.10. The van der Waals surface area contributed by atoms with Crippen LogP contribution in [-0.2, 0) is 4.79 Å². The summed E-state index contributed by atoms with van der Waals surface area (Å²) >= 11 is 3.28. The minimum absolute atomic E-state index is 0.0977. The van der Waals surface area contributed by atoms with Gasteiger partial charge in [0.25, 0.3) is 5.69 Å². The highest BCUT2D eigenvalue weighted by Gasteiger charge is 2.35. The summed E-state index contributed by atoms with van der Waals surface area (Å²) in [6.07, 6.45) is 0.216. The molecule has 1 unspecified atom stereocenters. The fraction of sp³-hybridized carbons (Fsp3) is 0.417. The largest absolute Gasteiger partial charge is 0.396 e. The molecule has 1 amide bonds. The Hall–Kier alpha value is -1.47. The number of nitro groups is 1. The Kier molecular flexibility index (Phi) is 3.86. The van der Waals surface area contributed by atoms with Crippen molar-refractivity contribution in [2.45, 2.75) is 13.3 Å². The van der Waals surface area contributed by atoms with Crippen LogP contribution in [0.25, 0.3) is 0 Å². The number of carbonyl (C=O) groups excluding carboxylic acids is 1. The number of benzene rings is 1. The minimum Gasteiger partial charge on any atom is -0.396 e. The molecule has 1 N–H and O–H groups in total. The van der Waals surface area contributed by atoms with Gasteiger partial charge in [-0.15, -0.1) is 0 Å². The van der Waals surface area contributed by atoms with Crippen LogP contribution in [0.1, 0.15) is 12.0 Å². The van der Waals surface area contributed by atoms with Crippen molar-refractivity contribution in [3.05, 3.63) is 32.3 Å². The fourth-order valence-electron chi connectivity index (χ4n) is 2.24. The first-order valence-corrected chi connectivity index (χ1v) is 6.59. The predicted molar refractivity (Wildman–Crippen MR) is 73.1 cm³/mol. The van der Waals surface area contributed by atoms with Crippen LogP contribution in [0.5, 0.6) is 0 Å². The number of nitrogens with zero attached hydrogens (tertiary/aromatic N) is 2. The Balaban J connectivity index is 2.50. The molecular weight excluding hydrogens is 316 g/mol. The average Bonchev–Trinajstić information content (AvgIpc) is 2.69. The van der Waals surface area contributed by atoms with Crippen molar-refractivity contribution in [1.29, 1.82) is 0 Å². The van der Waals surface area contributed by atoms with Crippen LogP contribution in [-0.4, -0.2) is 29.1 Å². The highest BCUT2D eigenvalue weighted by atomic mass is 79.9. The van der Waals surface area contributed by atoms with Gasteiger partial charge in [-0.1, -0.05) is 0 Å². The summed E-state index contributed by atoms with van der Waals surface area (Å²) < 4.78 is 0.520. The van der Waals surface area contributed by atoms with E-state index in [1.165, 1.54) is 11.0 Å². The van der Waals surface area contributed by atoms with Crippen molar-refractivity contribution in [2.24, 2.45) is 5.92 Å². The Labute approximate surface area is 118 Å². The number of halogens is 1. The number of amides is 1. The van der Waals surface area contributed by atoms with E-state index in [0.29, 0.717) is 11.0 Å². The molecule has 1 fully saturated rings. The van der Waals surface area contributed by atoms with E-state index in [-0.39, 0.29) is 36.2 Å². The topological polar surface area (TPSA) is 83.7 Å². The molecule has 1 aliphatic rings. The van der Waals surface area contributed by atoms with Gasteiger partial charge in [-0.05, 0) is 34.5 Å². The lowest BCUT2D eigenvalue weighted by Gasteiger charge is -2.18. The molecule has 1 aliphatic heterocycles. The number of nitro benzene ring substituents is 1. The summed E-state index contributed by atoms with van der Waals surface area (Å²) in [6, 6.07) is 3.18. The molecule has 7 heteroatoms. The molecule has 1 aromatic carbocycles. The van der Waals surface area contributed by atoms with E-state index in [4.69, 9.17) is 5.11 Å². The van der Waals surface area contributed by atoms with Crippen LogP contribution < -0.4 is 4.90 Å². The molecular formula is C12H13BrN2O4. The lowest BCUT2D eigenvalue weighted by atomic mass is 10.1. The zero-order valence-electron chi connectivity index (χ0n) is 10.3. The number of carbonyl (C=O) groups is 1. The van der Waals surface area contributed by atoms with E-state index in [9.17, 15) is 14.9 Å². The molecule has 1 aromatic rings. The van der Waals surface area contributed by atoms with Crippen LogP contribution in [0.2, 0.25) is 0 Å². The van der Waals surface area contributed by atoms with E-state index in [0.717, 1.165) is 5.56 Å². The summed E-state index contributed by atoms with van der Waals surface area (Å²) in [7, 11) is 0. The second-order valence-electron chi connectivity index (χ2n) is 4.63. The number of aryl methyl sites for hydroxylation is 1. The number of hydrogen-bond acceptors (Lipinski definition) is 4. The molecule has 0 spiro atoms. The number of hydrogen-bond donors (Lipinski definition) is 1. The third-order valence-corrected chi connectivity index (χ3v) is 3.72. The van der Waals surface area contributed by atoms with Gasteiger partial charge >= 0.3 is 0 Å². The second kappa shape index (κ2) is 5.26. The van der Waals surface area contributed by atoms with Crippen molar-refractivity contribution < 1.29 is 14.8 Å². The van der Waals surface area contributed by atoms with Gasteiger partial charge in [0.2, 0.25) is 5.91 Å². The average molecular weight is 329 g/mol. The molecule has 1 saturated heterocycles. The maximum absolute atomic E-state index is 11.9. The molecule has 0 aromatic heterocycles. The molecule has 1 heterocycles. The Bertz CT molecular complexity index is 547. The van der Waals surface area contributed by atoms with Gasteiger partial charge in [0.05, 0.1) is 4.92 Å². The maximum Gasteiger partial charge on any atom is 0.294 e. The first-order valence-electron chi connectivity index (χ1n) is 5.79. The summed E-state index contributed by atoms with van der Waals surface area (Å²) in [6.45, 7) is 1.96. The third-order valence-electron chi connectivity index (χ3n) is 3.12. The standard InChI is InChI=1S/C12H13BrN2O4/c1-7-2-9(13)12(10(3-7)15(18)19)14-5-8(6-16)4-11(14)17/h2-3,8,16H,4-6H2,1H3. The van der Waals surface area contributed by atoms with Crippen LogP contribution in [0.15, 0.2) is 16.6 Å². The van der Waals surface area contributed by atoms with Crippen LogP contribution >= 0.6 is 15.9 Å². The molecule has 0 aliphatic carbocycles. The van der Waals surface area contributed by atoms with Gasteiger partial charge in [0.1, 0.15) is 5.69 Å². The molecule has 102 valence electrons. The number of aliphatic hydroxyl groups excluding tert-OH is 1. The maximum atomic E-state index is 11.9. The van der Waals surface area contributed by atoms with E-state index in [2.05, 4.69) is 15.9 Å². The molecule has 0 bridgehead atoms. The lowest BCUT2D eigenvalue weighted by molar-refractivity contribution is -0.384. The van der Waals surface area contributed by atoms with E-state index >= 15 is 0 Å². The minimum atomic E-state index is -0.493. The Morgan fingerprint density at radius 1 is 1.58 bits per heavy atom. The van der Waals surface area contributed by atoms with Crippen molar-refractivity contribution in [2.75, 3.05) is 18.1 Å². The quantitative estimate of drug-likeness (QED) is 0.679. The molecule has 6 nitrogen and oxygen atoms in total. The first kappa shape index (κ1) is 14.0. The summed E-state index contributed by atoms with van der Waals surface area (Å²) in [4.78, 5) is 23.9. The fourth-order valence-corrected chi connectivity index (χ4v) is 3.02. The summed E-state index contributed by atoms with van der Waals surface area (Å²) in [5.74, 6) is -0.369. The van der Waals surface area contributed by atoms with E-state index < -0.39 is 4.92 Å². The third kappa shape index (κ3) is 2.62. The smallest absolute Gasteiger partial charge is 0.294 e. The van der Waals surface area contributed by atoms with Gasteiger partial charge in [0, 0.05) is 36.0 Å².